The maximum absolute atomic E-state index is 9.66. The van der Waals surface area contributed by atoms with E-state index < -0.39 is 0 Å². The summed E-state index contributed by atoms with van der Waals surface area (Å²) < 4.78 is 0. The van der Waals surface area contributed by atoms with Gasteiger partial charge in [-0.05, 0) is 29.3 Å². The van der Waals surface area contributed by atoms with Crippen molar-refractivity contribution in [3.8, 4) is 0 Å². The predicted octanol–water partition coefficient (Wildman–Crippen LogP) is 3.64. The molecular weight excluding hydrogens is 266 g/mol. The van der Waals surface area contributed by atoms with E-state index in [2.05, 4.69) is 48.8 Å². The lowest BCUT2D eigenvalue weighted by atomic mass is 9.99. The minimum Gasteiger partial charge on any atom is -0.395 e. The summed E-state index contributed by atoms with van der Waals surface area (Å²) in [6.45, 7) is 4.59. The highest BCUT2D eigenvalue weighted by atomic mass is 32.1. The molecule has 0 fully saturated rings. The second kappa shape index (κ2) is 7.58. The van der Waals surface area contributed by atoms with E-state index in [1.807, 2.05) is 18.2 Å². The molecule has 1 unspecified atom stereocenters. The van der Waals surface area contributed by atoms with Crippen LogP contribution in [-0.2, 0) is 6.42 Å². The standard InChI is InChI=1S/C17H23NOS/c1-13(2)17(16-9-6-10-20-16)18-15(12-19)11-14-7-4-3-5-8-14/h3-10,13,15,17-19H,11-12H2,1-2H3/t15-,17?/m1/s1. The highest BCUT2D eigenvalue weighted by molar-refractivity contribution is 7.10. The van der Waals surface area contributed by atoms with Gasteiger partial charge in [0.2, 0.25) is 0 Å². The van der Waals surface area contributed by atoms with Crippen LogP contribution in [0.15, 0.2) is 47.8 Å². The van der Waals surface area contributed by atoms with Gasteiger partial charge in [0.05, 0.1) is 6.61 Å². The highest BCUT2D eigenvalue weighted by Crippen LogP contribution is 2.26. The van der Waals surface area contributed by atoms with Gasteiger partial charge in [-0.15, -0.1) is 11.3 Å². The van der Waals surface area contributed by atoms with Crippen LogP contribution in [0.25, 0.3) is 0 Å². The van der Waals surface area contributed by atoms with Crippen LogP contribution in [-0.4, -0.2) is 17.8 Å². The molecule has 2 N–H and O–H groups in total. The Labute approximate surface area is 125 Å². The topological polar surface area (TPSA) is 32.3 Å². The number of thiophene rings is 1. The first-order valence-electron chi connectivity index (χ1n) is 7.15. The van der Waals surface area contributed by atoms with Crippen molar-refractivity contribution in [3.63, 3.8) is 0 Å². The third-order valence-electron chi connectivity index (χ3n) is 3.48. The van der Waals surface area contributed by atoms with Crippen LogP contribution in [0.2, 0.25) is 0 Å². The molecule has 1 aromatic heterocycles. The molecule has 0 aliphatic rings. The SMILES string of the molecule is CC(C)C(N[C@@H](CO)Cc1ccccc1)c1cccs1. The van der Waals surface area contributed by atoms with E-state index in [-0.39, 0.29) is 12.6 Å². The van der Waals surface area contributed by atoms with Crippen molar-refractivity contribution in [2.45, 2.75) is 32.4 Å². The summed E-state index contributed by atoms with van der Waals surface area (Å²) in [4.78, 5) is 1.34. The summed E-state index contributed by atoms with van der Waals surface area (Å²) in [5.74, 6) is 0.499. The maximum Gasteiger partial charge on any atom is 0.0588 e. The molecular formula is C17H23NOS. The van der Waals surface area contributed by atoms with Crippen LogP contribution in [0.4, 0.5) is 0 Å². The largest absolute Gasteiger partial charge is 0.395 e. The maximum atomic E-state index is 9.66. The summed E-state index contributed by atoms with van der Waals surface area (Å²) in [5, 5.41) is 15.4. The van der Waals surface area contributed by atoms with E-state index >= 15 is 0 Å². The number of hydrogen-bond donors (Lipinski definition) is 2. The normalized spacial score (nSPS) is 14.4. The summed E-state index contributed by atoms with van der Waals surface area (Å²) in [7, 11) is 0. The van der Waals surface area contributed by atoms with Crippen molar-refractivity contribution in [1.29, 1.82) is 0 Å². The quantitative estimate of drug-likeness (QED) is 0.815. The lowest BCUT2D eigenvalue weighted by Gasteiger charge is -2.27. The molecule has 0 aliphatic carbocycles. The molecule has 1 heterocycles. The molecule has 0 amide bonds. The van der Waals surface area contributed by atoms with E-state index in [1.54, 1.807) is 11.3 Å². The van der Waals surface area contributed by atoms with Crippen molar-refractivity contribution < 1.29 is 5.11 Å². The Hall–Kier alpha value is -1.16. The van der Waals surface area contributed by atoms with Gasteiger partial charge >= 0.3 is 0 Å². The Morgan fingerprint density at radius 3 is 2.40 bits per heavy atom. The minimum atomic E-state index is 0.0897. The van der Waals surface area contributed by atoms with Gasteiger partial charge in [0.1, 0.15) is 0 Å². The molecule has 2 nitrogen and oxygen atoms in total. The Bertz CT molecular complexity index is 481. The second-order valence-corrected chi connectivity index (χ2v) is 6.45. The molecule has 0 radical (unpaired) electrons. The number of aliphatic hydroxyl groups excluding tert-OH is 1. The molecule has 2 rings (SSSR count). The highest BCUT2D eigenvalue weighted by Gasteiger charge is 2.20. The van der Waals surface area contributed by atoms with E-state index in [0.29, 0.717) is 12.0 Å². The fourth-order valence-corrected chi connectivity index (χ4v) is 3.36. The van der Waals surface area contributed by atoms with Gasteiger partial charge in [-0.2, -0.15) is 0 Å². The van der Waals surface area contributed by atoms with Crippen molar-refractivity contribution in [2.75, 3.05) is 6.61 Å². The predicted molar refractivity (Wildman–Crippen MR) is 86.1 cm³/mol. The molecule has 0 bridgehead atoms. The zero-order valence-electron chi connectivity index (χ0n) is 12.1. The number of rotatable bonds is 7. The van der Waals surface area contributed by atoms with Crippen molar-refractivity contribution >= 4 is 11.3 Å². The number of hydrogen-bond acceptors (Lipinski definition) is 3. The first kappa shape index (κ1) is 15.2. The zero-order chi connectivity index (χ0) is 14.4. The third-order valence-corrected chi connectivity index (χ3v) is 4.43. The molecule has 0 spiro atoms. The second-order valence-electron chi connectivity index (χ2n) is 5.47. The average Bonchev–Trinajstić information content (AvgIpc) is 2.98. The van der Waals surface area contributed by atoms with Crippen LogP contribution >= 0.6 is 11.3 Å². The zero-order valence-corrected chi connectivity index (χ0v) is 12.9. The lowest BCUT2D eigenvalue weighted by Crippen LogP contribution is -2.39. The molecule has 0 saturated carbocycles. The minimum absolute atomic E-state index is 0.0897. The van der Waals surface area contributed by atoms with Gasteiger partial charge in [-0.3, -0.25) is 0 Å². The fraction of sp³-hybridized carbons (Fsp3) is 0.412. The molecule has 1 aromatic carbocycles. The van der Waals surface area contributed by atoms with Crippen LogP contribution < -0.4 is 5.32 Å². The van der Waals surface area contributed by atoms with Crippen LogP contribution in [0, 0.1) is 5.92 Å². The van der Waals surface area contributed by atoms with Crippen LogP contribution in [0.3, 0.4) is 0 Å². The number of nitrogens with one attached hydrogen (secondary N) is 1. The lowest BCUT2D eigenvalue weighted by molar-refractivity contribution is 0.220. The first-order chi connectivity index (χ1) is 9.70. The molecule has 0 aliphatic heterocycles. The molecule has 20 heavy (non-hydrogen) atoms. The van der Waals surface area contributed by atoms with E-state index in [4.69, 9.17) is 0 Å². The Kier molecular flexibility index (Phi) is 5.77. The van der Waals surface area contributed by atoms with Crippen LogP contribution in [0.5, 0.6) is 0 Å². The van der Waals surface area contributed by atoms with Gasteiger partial charge in [-0.1, -0.05) is 50.2 Å². The van der Waals surface area contributed by atoms with E-state index in [1.165, 1.54) is 10.4 Å². The Morgan fingerprint density at radius 2 is 1.85 bits per heavy atom. The van der Waals surface area contributed by atoms with E-state index in [9.17, 15) is 5.11 Å². The Morgan fingerprint density at radius 1 is 1.10 bits per heavy atom. The first-order valence-corrected chi connectivity index (χ1v) is 8.03. The van der Waals surface area contributed by atoms with Gasteiger partial charge in [-0.25, -0.2) is 0 Å². The van der Waals surface area contributed by atoms with Gasteiger partial charge < -0.3 is 10.4 Å². The van der Waals surface area contributed by atoms with Crippen molar-refractivity contribution in [1.82, 2.24) is 5.32 Å². The Balaban J connectivity index is 2.04. The number of benzene rings is 1. The molecule has 2 aromatic rings. The van der Waals surface area contributed by atoms with E-state index in [0.717, 1.165) is 6.42 Å². The van der Waals surface area contributed by atoms with Gasteiger partial charge in [0.15, 0.2) is 0 Å². The van der Waals surface area contributed by atoms with Gasteiger partial charge in [0.25, 0.3) is 0 Å². The molecule has 3 heteroatoms. The average molecular weight is 289 g/mol. The van der Waals surface area contributed by atoms with Crippen LogP contribution in [0.1, 0.15) is 30.3 Å². The summed E-state index contributed by atoms with van der Waals surface area (Å²) in [5.41, 5.74) is 1.26. The monoisotopic (exact) mass is 289 g/mol. The smallest absolute Gasteiger partial charge is 0.0588 e. The fourth-order valence-electron chi connectivity index (χ4n) is 2.40. The molecule has 108 valence electrons. The molecule has 2 atom stereocenters. The third kappa shape index (κ3) is 4.17. The van der Waals surface area contributed by atoms with Crippen molar-refractivity contribution in [2.24, 2.45) is 5.92 Å². The summed E-state index contributed by atoms with van der Waals surface area (Å²) >= 11 is 1.77. The van der Waals surface area contributed by atoms with Crippen molar-refractivity contribution in [3.05, 3.63) is 58.3 Å². The summed E-state index contributed by atoms with van der Waals surface area (Å²) in [6.07, 6.45) is 0.853. The van der Waals surface area contributed by atoms with Gasteiger partial charge in [0, 0.05) is 17.0 Å². The molecule has 0 saturated heterocycles. The number of aliphatic hydroxyl groups is 1. The summed E-state index contributed by atoms with van der Waals surface area (Å²) in [6, 6.07) is 15.0.